The third-order valence-corrected chi connectivity index (χ3v) is 10.5. The number of benzene rings is 1. The van der Waals surface area contributed by atoms with E-state index < -0.39 is 47.4 Å². The Bertz CT molecular complexity index is 1940. The highest BCUT2D eigenvalue weighted by molar-refractivity contribution is 5.91. The van der Waals surface area contributed by atoms with E-state index >= 15 is 0 Å². The molecule has 5 rings (SSSR count). The zero-order valence-electron chi connectivity index (χ0n) is 32.0. The van der Waals surface area contributed by atoms with Crippen molar-refractivity contribution in [3.63, 3.8) is 0 Å². The normalized spacial score (nSPS) is 16.4. The molecule has 0 saturated heterocycles. The van der Waals surface area contributed by atoms with E-state index in [1.165, 1.54) is 38.5 Å². The van der Waals surface area contributed by atoms with Crippen molar-refractivity contribution >= 4 is 34.7 Å². The maximum absolute atomic E-state index is 13.9. The van der Waals surface area contributed by atoms with Crippen molar-refractivity contribution in [2.45, 2.75) is 135 Å². The molecule has 3 aromatic rings. The zero-order valence-corrected chi connectivity index (χ0v) is 32.0. The second kappa shape index (κ2) is 18.0. The van der Waals surface area contributed by atoms with Crippen molar-refractivity contribution in [1.82, 2.24) is 19.8 Å². The standard InChI is InChI=1S/C41H54N4O9/c1-5-7-8-9-10-11-12-13-14-15-16-32(39(50)51)42-35(47)19-20-36(48)54-41(6-2)30-22-33-37-26(23-45(33)38(49)29(30)25-53-40(41)52)21-27-28(24-44(3)4)34(46)18-17-31(27)43-37/h17-18,21-22,32,46H,5-16,19-20,23-25H2,1-4H3,(H,42,47)(H,50,51)/t32?,41-/m0/s1. The molecule has 0 bridgehead atoms. The maximum Gasteiger partial charge on any atom is 0.355 e. The van der Waals surface area contributed by atoms with Crippen LogP contribution in [0.2, 0.25) is 0 Å². The Balaban J connectivity index is 1.25. The van der Waals surface area contributed by atoms with Gasteiger partial charge in [0.25, 0.3) is 5.56 Å². The summed E-state index contributed by atoms with van der Waals surface area (Å²) in [7, 11) is 3.80. The molecule has 2 atom stereocenters. The van der Waals surface area contributed by atoms with Gasteiger partial charge in [0.15, 0.2) is 0 Å². The number of pyridine rings is 2. The molecule has 0 fully saturated rings. The quantitative estimate of drug-likeness (QED) is 0.0708. The van der Waals surface area contributed by atoms with Gasteiger partial charge in [0.05, 0.1) is 35.4 Å². The fourth-order valence-electron chi connectivity index (χ4n) is 7.56. The average molecular weight is 747 g/mol. The summed E-state index contributed by atoms with van der Waals surface area (Å²) in [6.07, 6.45) is 10.6. The number of fused-ring (bicyclic) bond motifs is 5. The van der Waals surface area contributed by atoms with Gasteiger partial charge in [-0.15, -0.1) is 0 Å². The van der Waals surface area contributed by atoms with Gasteiger partial charge in [0.1, 0.15) is 18.4 Å². The molecule has 2 aliphatic rings. The first-order valence-electron chi connectivity index (χ1n) is 19.4. The molecular formula is C41H54N4O9. The molecule has 2 aliphatic heterocycles. The van der Waals surface area contributed by atoms with Gasteiger partial charge in [0.2, 0.25) is 11.5 Å². The molecule has 1 unspecified atom stereocenters. The number of hydrogen-bond acceptors (Lipinski definition) is 10. The van der Waals surface area contributed by atoms with E-state index in [1.807, 2.05) is 25.1 Å². The fraction of sp³-hybridized carbons (Fsp3) is 0.561. The monoisotopic (exact) mass is 746 g/mol. The second-order valence-electron chi connectivity index (χ2n) is 14.8. The lowest BCUT2D eigenvalue weighted by atomic mass is 9.85. The lowest BCUT2D eigenvalue weighted by Crippen LogP contribution is -2.47. The molecule has 0 saturated carbocycles. The van der Waals surface area contributed by atoms with Crippen LogP contribution in [0.15, 0.2) is 29.1 Å². The summed E-state index contributed by atoms with van der Waals surface area (Å²) < 4.78 is 12.8. The Morgan fingerprint density at radius 2 is 1.69 bits per heavy atom. The molecule has 13 heteroatoms. The molecule has 1 amide bonds. The Hall–Kier alpha value is -4.78. The molecule has 2 aromatic heterocycles. The van der Waals surface area contributed by atoms with Gasteiger partial charge in [-0.2, -0.15) is 0 Å². The number of carboxylic acid groups (broad SMARTS) is 1. The average Bonchev–Trinajstić information content (AvgIpc) is 3.50. The van der Waals surface area contributed by atoms with E-state index in [0.717, 1.165) is 30.2 Å². The molecule has 0 radical (unpaired) electrons. The Kier molecular flexibility index (Phi) is 13.5. The molecule has 4 heterocycles. The first-order chi connectivity index (χ1) is 25.9. The molecule has 0 spiro atoms. The highest BCUT2D eigenvalue weighted by Gasteiger charge is 2.50. The predicted molar refractivity (Wildman–Crippen MR) is 203 cm³/mol. The number of carbonyl (C=O) groups is 4. The number of nitrogens with zero attached hydrogens (tertiary/aromatic N) is 3. The van der Waals surface area contributed by atoms with Crippen molar-refractivity contribution in [3.8, 4) is 17.1 Å². The number of carbonyl (C=O) groups excluding carboxylic acids is 3. The third-order valence-electron chi connectivity index (χ3n) is 10.5. The maximum atomic E-state index is 13.9. The summed E-state index contributed by atoms with van der Waals surface area (Å²) in [4.78, 5) is 72.1. The molecule has 3 N–H and O–H groups in total. The number of aliphatic carboxylic acids is 1. The number of amides is 1. The summed E-state index contributed by atoms with van der Waals surface area (Å²) in [6, 6.07) is 5.82. The lowest BCUT2D eigenvalue weighted by Gasteiger charge is -2.35. The second-order valence-corrected chi connectivity index (χ2v) is 14.8. The highest BCUT2D eigenvalue weighted by atomic mass is 16.6. The number of unbranched alkanes of at least 4 members (excludes halogenated alkanes) is 9. The number of nitrogens with one attached hydrogen (secondary N) is 1. The fourth-order valence-corrected chi connectivity index (χ4v) is 7.56. The topological polar surface area (TPSA) is 177 Å². The van der Waals surface area contributed by atoms with Gasteiger partial charge in [0, 0.05) is 35.0 Å². The summed E-state index contributed by atoms with van der Waals surface area (Å²) in [6.45, 7) is 4.25. The smallest absolute Gasteiger partial charge is 0.355 e. The molecule has 1 aromatic carbocycles. The number of rotatable bonds is 20. The van der Waals surface area contributed by atoms with Crippen molar-refractivity contribution in [1.29, 1.82) is 0 Å². The predicted octanol–water partition coefficient (Wildman–Crippen LogP) is 6.06. The van der Waals surface area contributed by atoms with Crippen LogP contribution in [-0.4, -0.2) is 68.6 Å². The van der Waals surface area contributed by atoms with Gasteiger partial charge in [-0.1, -0.05) is 78.1 Å². The van der Waals surface area contributed by atoms with E-state index in [4.69, 9.17) is 14.5 Å². The van der Waals surface area contributed by atoms with Crippen LogP contribution >= 0.6 is 0 Å². The van der Waals surface area contributed by atoms with Crippen LogP contribution in [0.25, 0.3) is 22.3 Å². The Morgan fingerprint density at radius 3 is 2.33 bits per heavy atom. The molecular weight excluding hydrogens is 692 g/mol. The first-order valence-corrected chi connectivity index (χ1v) is 19.4. The first kappa shape index (κ1) is 40.4. The SMILES string of the molecule is CCCCCCCCCCCCC(NC(=O)CCC(=O)O[C@]1(CC)C(=O)OCc2c1cc1n(c2=O)Cc2cc3c(CN(C)C)c(O)ccc3nc2-1)C(=O)O. The van der Waals surface area contributed by atoms with Crippen molar-refractivity contribution in [2.75, 3.05) is 14.1 Å². The molecule has 54 heavy (non-hydrogen) atoms. The number of cyclic esters (lactones) is 1. The van der Waals surface area contributed by atoms with Crippen LogP contribution < -0.4 is 10.9 Å². The number of aromatic hydroxyl groups is 1. The largest absolute Gasteiger partial charge is 0.508 e. The van der Waals surface area contributed by atoms with Crippen molar-refractivity contribution in [2.24, 2.45) is 0 Å². The van der Waals surface area contributed by atoms with Gasteiger partial charge < -0.3 is 34.5 Å². The van der Waals surface area contributed by atoms with Crippen molar-refractivity contribution in [3.05, 3.63) is 56.9 Å². The molecule has 292 valence electrons. The number of hydrogen-bond donors (Lipinski definition) is 3. The van der Waals surface area contributed by atoms with E-state index in [9.17, 15) is 34.2 Å². The van der Waals surface area contributed by atoms with Crippen LogP contribution in [0.1, 0.15) is 126 Å². The van der Waals surface area contributed by atoms with Gasteiger partial charge >= 0.3 is 17.9 Å². The van der Waals surface area contributed by atoms with E-state index in [-0.39, 0.29) is 49.3 Å². The lowest BCUT2D eigenvalue weighted by molar-refractivity contribution is -0.189. The van der Waals surface area contributed by atoms with Crippen LogP contribution in [0, 0.1) is 0 Å². The van der Waals surface area contributed by atoms with E-state index in [2.05, 4.69) is 12.2 Å². The number of carboxylic acids is 1. The summed E-state index contributed by atoms with van der Waals surface area (Å²) in [5.41, 5.74) is 1.18. The Labute approximate surface area is 316 Å². The van der Waals surface area contributed by atoms with Crippen LogP contribution in [0.4, 0.5) is 0 Å². The minimum absolute atomic E-state index is 0.0369. The third kappa shape index (κ3) is 8.94. The summed E-state index contributed by atoms with van der Waals surface area (Å²) in [5, 5.41) is 23.6. The minimum Gasteiger partial charge on any atom is -0.508 e. The van der Waals surface area contributed by atoms with Crippen LogP contribution in [0.5, 0.6) is 5.75 Å². The van der Waals surface area contributed by atoms with Crippen LogP contribution in [-0.2, 0) is 53.9 Å². The van der Waals surface area contributed by atoms with Crippen molar-refractivity contribution < 1.29 is 38.9 Å². The molecule has 13 nitrogen and oxygen atoms in total. The number of esters is 2. The highest BCUT2D eigenvalue weighted by Crippen LogP contribution is 2.42. The van der Waals surface area contributed by atoms with Gasteiger partial charge in [-0.3, -0.25) is 14.4 Å². The summed E-state index contributed by atoms with van der Waals surface area (Å²) in [5.74, 6) is -3.29. The minimum atomic E-state index is -1.93. The Morgan fingerprint density at radius 1 is 1.00 bits per heavy atom. The van der Waals surface area contributed by atoms with Gasteiger partial charge in [-0.25, -0.2) is 14.6 Å². The molecule has 0 aliphatic carbocycles. The number of ether oxygens (including phenoxy) is 2. The number of phenolic OH excluding ortho intramolecular Hbond substituents is 1. The number of aromatic nitrogens is 2. The number of phenols is 1. The zero-order chi connectivity index (χ0) is 39.0. The summed E-state index contributed by atoms with van der Waals surface area (Å²) >= 11 is 0. The van der Waals surface area contributed by atoms with E-state index in [1.54, 1.807) is 29.7 Å². The van der Waals surface area contributed by atoms with Crippen LogP contribution in [0.3, 0.4) is 0 Å². The van der Waals surface area contributed by atoms with Gasteiger partial charge in [-0.05, 0) is 51.2 Å². The van der Waals surface area contributed by atoms with E-state index in [0.29, 0.717) is 35.4 Å².